The fourth-order valence-electron chi connectivity index (χ4n) is 5.70. The Morgan fingerprint density at radius 3 is 1.55 bits per heavy atom. The highest BCUT2D eigenvalue weighted by Gasteiger charge is 2.54. The van der Waals surface area contributed by atoms with Gasteiger partial charge in [0.2, 0.25) is 0 Å². The number of hydrogen-bond acceptors (Lipinski definition) is 19. The van der Waals surface area contributed by atoms with E-state index in [-0.39, 0.29) is 13.0 Å². The van der Waals surface area contributed by atoms with Gasteiger partial charge in [0, 0.05) is 18.6 Å². The van der Waals surface area contributed by atoms with Crippen molar-refractivity contribution in [3.8, 4) is 0 Å². The fraction of sp³-hybridized carbons (Fsp3) is 1.00. The van der Waals surface area contributed by atoms with Crippen LogP contribution in [-0.2, 0) is 28.4 Å². The number of hydrogen-bond donors (Lipinski definition) is 13. The summed E-state index contributed by atoms with van der Waals surface area (Å²) >= 11 is 0. The van der Waals surface area contributed by atoms with Crippen LogP contribution >= 0.6 is 0 Å². The van der Waals surface area contributed by atoms with E-state index in [0.29, 0.717) is 0 Å². The summed E-state index contributed by atoms with van der Waals surface area (Å²) in [7, 11) is 0. The SMILES string of the molecule is NCC1OC(O[C@@H]2C(O)[C@H](OC3C(O)C(N)CC(N)C3OC3OC(CO)C(O)C(O)C3N)O[C@@H]2CO)C(N)C(O)C1O. The lowest BCUT2D eigenvalue weighted by atomic mass is 9.84. The maximum atomic E-state index is 11.1. The lowest BCUT2D eigenvalue weighted by molar-refractivity contribution is -0.310. The summed E-state index contributed by atoms with van der Waals surface area (Å²) < 4.78 is 34.4. The van der Waals surface area contributed by atoms with Gasteiger partial charge in [-0.3, -0.25) is 0 Å². The van der Waals surface area contributed by atoms with Crippen molar-refractivity contribution >= 4 is 0 Å². The highest BCUT2D eigenvalue weighted by atomic mass is 16.8. The van der Waals surface area contributed by atoms with Crippen LogP contribution in [0, 0.1) is 0 Å². The van der Waals surface area contributed by atoms with E-state index in [2.05, 4.69) is 0 Å². The lowest BCUT2D eigenvalue weighted by Gasteiger charge is -2.47. The predicted octanol–water partition coefficient (Wildman–Crippen LogP) is -8.86. The molecule has 18 N–H and O–H groups in total. The van der Waals surface area contributed by atoms with Gasteiger partial charge in [0.25, 0.3) is 0 Å². The fourth-order valence-corrected chi connectivity index (χ4v) is 5.70. The van der Waals surface area contributed by atoms with E-state index in [0.717, 1.165) is 0 Å². The zero-order valence-corrected chi connectivity index (χ0v) is 22.7. The van der Waals surface area contributed by atoms with Gasteiger partial charge < -0.3 is 97.9 Å². The molecule has 0 bridgehead atoms. The molecule has 16 unspecified atom stereocenters. The first-order valence-corrected chi connectivity index (χ1v) is 13.8. The number of aliphatic hydroxyl groups is 8. The van der Waals surface area contributed by atoms with Crippen LogP contribution in [0.1, 0.15) is 6.42 Å². The Morgan fingerprint density at radius 1 is 0.524 bits per heavy atom. The molecule has 42 heavy (non-hydrogen) atoms. The third-order valence-corrected chi connectivity index (χ3v) is 8.32. The van der Waals surface area contributed by atoms with Crippen molar-refractivity contribution in [3.05, 3.63) is 0 Å². The van der Waals surface area contributed by atoms with Gasteiger partial charge in [-0.05, 0) is 6.42 Å². The van der Waals surface area contributed by atoms with Crippen molar-refractivity contribution in [2.24, 2.45) is 28.7 Å². The van der Waals surface area contributed by atoms with E-state index in [1.807, 2.05) is 0 Å². The Bertz CT molecular complexity index is 866. The standard InChI is InChI=1S/C23H45N5O14/c24-2-7-13(32)15(34)10(27)21(37-7)41-19-9(4-30)39-23(17(19)36)42-20-12(31)5(25)1-6(26)18(20)40-22-11(28)16(35)14(33)8(3-29)38-22/h5-23,29-36H,1-4,24-28H2/t5?,6?,7?,8?,9-,10?,11?,12?,13?,14?,15?,16?,17?,18?,19+,20?,21?,22?,23+/m1/s1. The summed E-state index contributed by atoms with van der Waals surface area (Å²) in [6.07, 6.45) is -20.5. The summed E-state index contributed by atoms with van der Waals surface area (Å²) in [4.78, 5) is 0. The van der Waals surface area contributed by atoms with Crippen LogP contribution in [0.3, 0.4) is 0 Å². The molecule has 0 aromatic carbocycles. The maximum Gasteiger partial charge on any atom is 0.187 e. The summed E-state index contributed by atoms with van der Waals surface area (Å²) in [5, 5.41) is 82.3. The third kappa shape index (κ3) is 6.60. The Labute approximate surface area is 240 Å². The first kappa shape index (κ1) is 34.1. The summed E-state index contributed by atoms with van der Waals surface area (Å²) in [5.41, 5.74) is 29.9. The summed E-state index contributed by atoms with van der Waals surface area (Å²) in [6, 6.07) is -4.30. The second-order valence-electron chi connectivity index (χ2n) is 11.2. The molecule has 3 heterocycles. The molecule has 0 aromatic heterocycles. The number of aliphatic hydroxyl groups excluding tert-OH is 8. The van der Waals surface area contributed by atoms with Crippen LogP contribution in [0.15, 0.2) is 0 Å². The van der Waals surface area contributed by atoms with Gasteiger partial charge in [0.05, 0.1) is 31.4 Å². The molecule has 1 saturated carbocycles. The molecule has 19 nitrogen and oxygen atoms in total. The molecule has 19 heteroatoms. The smallest absolute Gasteiger partial charge is 0.187 e. The van der Waals surface area contributed by atoms with Crippen LogP contribution in [0.5, 0.6) is 0 Å². The van der Waals surface area contributed by atoms with Crippen LogP contribution < -0.4 is 28.7 Å². The summed E-state index contributed by atoms with van der Waals surface area (Å²) in [5.74, 6) is 0. The minimum atomic E-state index is -1.62. The van der Waals surface area contributed by atoms with E-state index in [1.165, 1.54) is 0 Å². The van der Waals surface area contributed by atoms with Gasteiger partial charge >= 0.3 is 0 Å². The van der Waals surface area contributed by atoms with Crippen molar-refractivity contribution in [1.29, 1.82) is 0 Å². The monoisotopic (exact) mass is 615 g/mol. The van der Waals surface area contributed by atoms with Gasteiger partial charge in [0.15, 0.2) is 18.9 Å². The second kappa shape index (κ2) is 14.1. The van der Waals surface area contributed by atoms with Crippen molar-refractivity contribution in [1.82, 2.24) is 0 Å². The van der Waals surface area contributed by atoms with Gasteiger partial charge in [-0.25, -0.2) is 0 Å². The van der Waals surface area contributed by atoms with Gasteiger partial charge in [-0.15, -0.1) is 0 Å². The Kier molecular flexibility index (Phi) is 11.5. The largest absolute Gasteiger partial charge is 0.394 e. The van der Waals surface area contributed by atoms with Crippen LogP contribution in [0.25, 0.3) is 0 Å². The van der Waals surface area contributed by atoms with Crippen LogP contribution in [0.4, 0.5) is 0 Å². The molecule has 0 radical (unpaired) electrons. The predicted molar refractivity (Wildman–Crippen MR) is 136 cm³/mol. The average Bonchev–Trinajstić information content (AvgIpc) is 3.27. The third-order valence-electron chi connectivity index (χ3n) is 8.32. The second-order valence-corrected chi connectivity index (χ2v) is 11.2. The molecule has 1 aliphatic carbocycles. The number of nitrogens with two attached hydrogens (primary N) is 5. The Morgan fingerprint density at radius 2 is 1.00 bits per heavy atom. The molecule has 3 saturated heterocycles. The molecule has 0 spiro atoms. The van der Waals surface area contributed by atoms with Crippen LogP contribution in [-0.4, -0.2) is 177 Å². The zero-order chi connectivity index (χ0) is 31.0. The summed E-state index contributed by atoms with van der Waals surface area (Å²) in [6.45, 7) is -1.49. The molecule has 19 atom stereocenters. The molecule has 0 aromatic rings. The van der Waals surface area contributed by atoms with Crippen molar-refractivity contribution in [2.75, 3.05) is 19.8 Å². The van der Waals surface area contributed by atoms with E-state index in [4.69, 9.17) is 57.1 Å². The zero-order valence-electron chi connectivity index (χ0n) is 22.7. The Hall–Kier alpha value is -0.760. The van der Waals surface area contributed by atoms with E-state index in [9.17, 15) is 40.9 Å². The van der Waals surface area contributed by atoms with E-state index >= 15 is 0 Å². The molecular weight excluding hydrogens is 570 g/mol. The molecule has 4 aliphatic rings. The number of ether oxygens (including phenoxy) is 6. The normalized spacial score (nSPS) is 53.8. The molecule has 4 fully saturated rings. The quantitative estimate of drug-likeness (QED) is 0.114. The van der Waals surface area contributed by atoms with E-state index < -0.39 is 129 Å². The highest BCUT2D eigenvalue weighted by molar-refractivity contribution is 5.02. The highest BCUT2D eigenvalue weighted by Crippen LogP contribution is 2.34. The maximum absolute atomic E-state index is 11.1. The number of rotatable bonds is 9. The average molecular weight is 616 g/mol. The topological polar surface area (TPSA) is 347 Å². The molecule has 0 amide bonds. The molecular formula is C23H45N5O14. The van der Waals surface area contributed by atoms with E-state index in [1.54, 1.807) is 0 Å². The van der Waals surface area contributed by atoms with Crippen molar-refractivity contribution in [3.63, 3.8) is 0 Å². The van der Waals surface area contributed by atoms with Crippen molar-refractivity contribution in [2.45, 2.75) is 123 Å². The van der Waals surface area contributed by atoms with Gasteiger partial charge in [-0.2, -0.15) is 0 Å². The van der Waals surface area contributed by atoms with Gasteiger partial charge in [0.1, 0.15) is 67.1 Å². The molecule has 4 rings (SSSR count). The first-order valence-electron chi connectivity index (χ1n) is 13.8. The minimum absolute atomic E-state index is 0.0642. The van der Waals surface area contributed by atoms with Gasteiger partial charge in [-0.1, -0.05) is 0 Å². The van der Waals surface area contributed by atoms with Crippen LogP contribution in [0.2, 0.25) is 0 Å². The molecule has 246 valence electrons. The first-order chi connectivity index (χ1) is 19.8. The van der Waals surface area contributed by atoms with Crippen molar-refractivity contribution < 1.29 is 69.3 Å². The molecule has 3 aliphatic heterocycles. The minimum Gasteiger partial charge on any atom is -0.394 e. The lowest BCUT2D eigenvalue weighted by Crippen LogP contribution is -2.68. The Balaban J connectivity index is 1.50.